The second kappa shape index (κ2) is 5.00. The predicted octanol–water partition coefficient (Wildman–Crippen LogP) is 2.33. The maximum absolute atomic E-state index is 10.7. The van der Waals surface area contributed by atoms with Gasteiger partial charge >= 0.3 is 5.97 Å². The first kappa shape index (κ1) is 14.1. The molecule has 0 radical (unpaired) electrons. The molecular weight excluding hydrogens is 244 g/mol. The number of carbonyl (C=O) groups is 1. The molecule has 1 aliphatic heterocycles. The van der Waals surface area contributed by atoms with Gasteiger partial charge in [0.15, 0.2) is 0 Å². The lowest BCUT2D eigenvalue weighted by atomic mass is 9.77. The molecule has 0 aromatic rings. The average molecular weight is 266 g/mol. The third kappa shape index (κ3) is 2.84. The van der Waals surface area contributed by atoms with Crippen LogP contribution in [0.4, 0.5) is 0 Å². The van der Waals surface area contributed by atoms with E-state index in [0.29, 0.717) is 13.0 Å². The molecule has 0 aromatic carbocycles. The summed E-state index contributed by atoms with van der Waals surface area (Å²) in [5.41, 5.74) is 1.36. The fraction of sp³-hybridized carbons (Fsp3) is 0.667. The van der Waals surface area contributed by atoms with Crippen molar-refractivity contribution in [2.45, 2.75) is 52.2 Å². The minimum absolute atomic E-state index is 0.0454. The number of carbonyl (C=O) groups excluding carboxylic acids is 1. The summed E-state index contributed by atoms with van der Waals surface area (Å²) in [5.74, 6) is 0.722. The smallest absolute Gasteiger partial charge is 0.302 e. The zero-order chi connectivity index (χ0) is 14.2. The first-order valence-electron chi connectivity index (χ1n) is 6.76. The van der Waals surface area contributed by atoms with Crippen LogP contribution in [-0.2, 0) is 14.3 Å². The Labute approximate surface area is 114 Å². The maximum Gasteiger partial charge on any atom is 0.302 e. The van der Waals surface area contributed by atoms with Crippen LogP contribution >= 0.6 is 0 Å². The topological polar surface area (TPSA) is 55.8 Å². The minimum atomic E-state index is -0.808. The number of ether oxygens (including phenoxy) is 2. The van der Waals surface area contributed by atoms with E-state index >= 15 is 0 Å². The molecule has 0 aromatic heterocycles. The molecule has 0 saturated carbocycles. The summed E-state index contributed by atoms with van der Waals surface area (Å²) in [6.45, 7) is 7.61. The lowest BCUT2D eigenvalue weighted by Crippen LogP contribution is -2.34. The van der Waals surface area contributed by atoms with Gasteiger partial charge in [0.25, 0.3) is 0 Å². The van der Waals surface area contributed by atoms with E-state index in [9.17, 15) is 9.90 Å². The van der Waals surface area contributed by atoms with Crippen molar-refractivity contribution in [3.05, 3.63) is 23.0 Å². The van der Waals surface area contributed by atoms with E-state index in [2.05, 4.69) is 0 Å². The predicted molar refractivity (Wildman–Crippen MR) is 71.3 cm³/mol. The first-order valence-corrected chi connectivity index (χ1v) is 6.76. The highest BCUT2D eigenvalue weighted by Crippen LogP contribution is 2.44. The van der Waals surface area contributed by atoms with Crippen molar-refractivity contribution in [1.82, 2.24) is 0 Å². The van der Waals surface area contributed by atoms with Gasteiger partial charge in [0, 0.05) is 25.7 Å². The van der Waals surface area contributed by atoms with Gasteiger partial charge in [0.2, 0.25) is 0 Å². The van der Waals surface area contributed by atoms with E-state index in [0.717, 1.165) is 17.8 Å². The van der Waals surface area contributed by atoms with Crippen LogP contribution in [0, 0.1) is 5.92 Å². The molecule has 2 aliphatic rings. The Morgan fingerprint density at radius 3 is 2.95 bits per heavy atom. The molecule has 1 aliphatic carbocycles. The number of allylic oxidation sites excluding steroid dienone is 1. The van der Waals surface area contributed by atoms with Crippen LogP contribution in [-0.4, -0.2) is 29.4 Å². The van der Waals surface area contributed by atoms with Crippen LogP contribution in [0.3, 0.4) is 0 Å². The van der Waals surface area contributed by atoms with Crippen molar-refractivity contribution >= 4 is 5.97 Å². The molecular formula is C15H22O4. The quantitative estimate of drug-likeness (QED) is 0.797. The van der Waals surface area contributed by atoms with Crippen molar-refractivity contribution in [2.75, 3.05) is 6.61 Å². The second-order valence-corrected chi connectivity index (χ2v) is 5.70. The monoisotopic (exact) mass is 266 g/mol. The highest BCUT2D eigenvalue weighted by Gasteiger charge is 2.40. The molecule has 1 heterocycles. The van der Waals surface area contributed by atoms with Gasteiger partial charge < -0.3 is 14.6 Å². The Kier molecular flexibility index (Phi) is 3.72. The fourth-order valence-corrected chi connectivity index (χ4v) is 2.82. The van der Waals surface area contributed by atoms with Crippen molar-refractivity contribution in [3.63, 3.8) is 0 Å². The Balaban J connectivity index is 2.00. The summed E-state index contributed by atoms with van der Waals surface area (Å²) < 4.78 is 10.9. The third-order valence-electron chi connectivity index (χ3n) is 4.04. The average Bonchev–Trinajstić information content (AvgIpc) is 2.70. The number of aliphatic hydroxyl groups is 1. The lowest BCUT2D eigenvalue weighted by Gasteiger charge is -2.32. The molecule has 19 heavy (non-hydrogen) atoms. The van der Waals surface area contributed by atoms with Crippen LogP contribution in [0.25, 0.3) is 0 Å². The Morgan fingerprint density at radius 1 is 1.63 bits per heavy atom. The van der Waals surface area contributed by atoms with E-state index < -0.39 is 5.60 Å². The Morgan fingerprint density at radius 2 is 2.32 bits per heavy atom. The van der Waals surface area contributed by atoms with Gasteiger partial charge in [-0.15, -0.1) is 0 Å². The zero-order valence-electron chi connectivity index (χ0n) is 12.0. The SMILES string of the molecule is CC(=O)OCCC1CC2=C(O1)C(C)=CC(C)(O)C2C. The fourth-order valence-electron chi connectivity index (χ4n) is 2.82. The van der Waals surface area contributed by atoms with Crippen LogP contribution < -0.4 is 0 Å². The van der Waals surface area contributed by atoms with Crippen LogP contribution in [0.1, 0.15) is 40.5 Å². The van der Waals surface area contributed by atoms with Crippen molar-refractivity contribution in [3.8, 4) is 0 Å². The first-order chi connectivity index (χ1) is 8.81. The molecule has 0 fully saturated rings. The van der Waals surface area contributed by atoms with E-state index in [1.165, 1.54) is 12.5 Å². The van der Waals surface area contributed by atoms with E-state index in [1.54, 1.807) is 0 Å². The van der Waals surface area contributed by atoms with E-state index in [1.807, 2.05) is 26.8 Å². The molecule has 4 nitrogen and oxygen atoms in total. The summed E-state index contributed by atoms with van der Waals surface area (Å²) in [4.78, 5) is 10.7. The highest BCUT2D eigenvalue weighted by atomic mass is 16.5. The largest absolute Gasteiger partial charge is 0.490 e. The molecule has 106 valence electrons. The molecule has 4 heteroatoms. The minimum Gasteiger partial charge on any atom is -0.490 e. The molecule has 2 rings (SSSR count). The number of hydrogen-bond donors (Lipinski definition) is 1. The number of hydrogen-bond acceptors (Lipinski definition) is 4. The molecule has 0 saturated heterocycles. The Bertz CT molecular complexity index is 445. The van der Waals surface area contributed by atoms with Gasteiger partial charge in [-0.1, -0.05) is 6.92 Å². The molecule has 0 bridgehead atoms. The van der Waals surface area contributed by atoms with Gasteiger partial charge in [-0.3, -0.25) is 4.79 Å². The molecule has 3 unspecified atom stereocenters. The summed E-state index contributed by atoms with van der Waals surface area (Å²) in [6.07, 6.45) is 3.41. The molecule has 0 spiro atoms. The number of rotatable bonds is 3. The third-order valence-corrected chi connectivity index (χ3v) is 4.04. The van der Waals surface area contributed by atoms with Gasteiger partial charge in [-0.05, 0) is 31.1 Å². The van der Waals surface area contributed by atoms with Crippen molar-refractivity contribution in [1.29, 1.82) is 0 Å². The normalized spacial score (nSPS) is 33.6. The zero-order valence-corrected chi connectivity index (χ0v) is 12.0. The van der Waals surface area contributed by atoms with Crippen LogP contribution in [0.5, 0.6) is 0 Å². The summed E-state index contributed by atoms with van der Waals surface area (Å²) >= 11 is 0. The summed E-state index contributed by atoms with van der Waals surface area (Å²) in [5, 5.41) is 10.4. The van der Waals surface area contributed by atoms with Gasteiger partial charge in [-0.25, -0.2) is 0 Å². The Hall–Kier alpha value is -1.29. The maximum atomic E-state index is 10.7. The standard InChI is InChI=1S/C15H22O4/c1-9-8-15(4,17)10(2)13-7-12(19-14(9)13)5-6-18-11(3)16/h8,10,12,17H,5-7H2,1-4H3. The summed E-state index contributed by atoms with van der Waals surface area (Å²) in [6, 6.07) is 0. The second-order valence-electron chi connectivity index (χ2n) is 5.70. The van der Waals surface area contributed by atoms with Gasteiger partial charge in [-0.2, -0.15) is 0 Å². The molecule has 0 amide bonds. The number of esters is 1. The van der Waals surface area contributed by atoms with Crippen LogP contribution in [0.2, 0.25) is 0 Å². The summed E-state index contributed by atoms with van der Waals surface area (Å²) in [7, 11) is 0. The van der Waals surface area contributed by atoms with E-state index in [-0.39, 0.29) is 18.0 Å². The van der Waals surface area contributed by atoms with Crippen molar-refractivity contribution < 1.29 is 19.4 Å². The lowest BCUT2D eigenvalue weighted by molar-refractivity contribution is -0.141. The molecule has 3 atom stereocenters. The van der Waals surface area contributed by atoms with E-state index in [4.69, 9.17) is 9.47 Å². The molecule has 1 N–H and O–H groups in total. The van der Waals surface area contributed by atoms with Crippen molar-refractivity contribution in [2.24, 2.45) is 5.92 Å². The van der Waals surface area contributed by atoms with Gasteiger partial charge in [0.05, 0.1) is 12.2 Å². The van der Waals surface area contributed by atoms with Crippen LogP contribution in [0.15, 0.2) is 23.0 Å². The van der Waals surface area contributed by atoms with Gasteiger partial charge in [0.1, 0.15) is 11.9 Å². The highest BCUT2D eigenvalue weighted by molar-refractivity contribution is 5.65.